The van der Waals surface area contributed by atoms with Crippen LogP contribution in [0.25, 0.3) is 33.5 Å². The summed E-state index contributed by atoms with van der Waals surface area (Å²) in [5, 5.41) is 17.1. The Morgan fingerprint density at radius 3 is 2.20 bits per heavy atom. The lowest BCUT2D eigenvalue weighted by Gasteiger charge is -2.05. The highest BCUT2D eigenvalue weighted by molar-refractivity contribution is 6.38. The van der Waals surface area contributed by atoms with E-state index >= 15 is 0 Å². The normalized spacial score (nSPS) is 10.4. The van der Waals surface area contributed by atoms with Crippen molar-refractivity contribution in [1.82, 2.24) is 20.4 Å². The third kappa shape index (κ3) is 3.26. The maximum Gasteiger partial charge on any atom is 0.204 e. The number of aryl methyl sites for hydroxylation is 1. The molecule has 4 aromatic rings. The van der Waals surface area contributed by atoms with E-state index in [1.807, 2.05) is 56.3 Å². The molecule has 0 aliphatic carbocycles. The smallest absolute Gasteiger partial charge is 0.204 e. The largest absolute Gasteiger partial charge is 0.275 e. The fraction of sp³-hybridized carbons (Fsp3) is 0.150. The highest BCUT2D eigenvalue weighted by Crippen LogP contribution is 2.36. The van der Waals surface area contributed by atoms with E-state index in [0.29, 0.717) is 16.4 Å². The summed E-state index contributed by atoms with van der Waals surface area (Å²) in [6.45, 7) is 6.06. The maximum absolute atomic E-state index is 6.64. The molecule has 0 bridgehead atoms. The number of hydrogen-bond donors (Lipinski definition) is 1. The first-order valence-corrected chi connectivity index (χ1v) is 8.64. The van der Waals surface area contributed by atoms with E-state index in [-0.39, 0.29) is 0 Å². The topological polar surface area (TPSA) is 54.5 Å². The van der Waals surface area contributed by atoms with Crippen molar-refractivity contribution in [2.75, 3.05) is 0 Å². The van der Waals surface area contributed by atoms with Crippen molar-refractivity contribution in [1.29, 1.82) is 0 Å². The van der Waals surface area contributed by atoms with Gasteiger partial charge in [0.25, 0.3) is 0 Å². The molecular weight excluding hydrogens is 332 g/mol. The number of rotatable bonds is 2. The third-order valence-electron chi connectivity index (χ3n) is 3.81. The molecule has 0 saturated heterocycles. The number of fused-ring (bicyclic) bond motifs is 1. The molecule has 5 heteroatoms. The Morgan fingerprint density at radius 2 is 1.52 bits per heavy atom. The van der Waals surface area contributed by atoms with Gasteiger partial charge in [0.05, 0.1) is 16.1 Å². The lowest BCUT2D eigenvalue weighted by Crippen LogP contribution is -1.91. The van der Waals surface area contributed by atoms with Crippen LogP contribution in [0, 0.1) is 6.92 Å². The number of H-pyrrole nitrogens is 1. The second kappa shape index (κ2) is 7.45. The summed E-state index contributed by atoms with van der Waals surface area (Å²) in [7, 11) is 0. The molecule has 2 aromatic heterocycles. The minimum atomic E-state index is 0.519. The molecule has 0 fully saturated rings. The molecule has 2 aromatic carbocycles. The molecule has 4 nitrogen and oxygen atoms in total. The van der Waals surface area contributed by atoms with Crippen LogP contribution < -0.4 is 0 Å². The van der Waals surface area contributed by atoms with Crippen LogP contribution in [0.1, 0.15) is 19.4 Å². The number of halogens is 1. The van der Waals surface area contributed by atoms with Gasteiger partial charge in [0, 0.05) is 11.1 Å². The number of hydrogen-bond acceptors (Lipinski definition) is 3. The van der Waals surface area contributed by atoms with Gasteiger partial charge in [-0.05, 0) is 6.92 Å². The average molecular weight is 351 g/mol. The van der Waals surface area contributed by atoms with E-state index < -0.39 is 0 Å². The summed E-state index contributed by atoms with van der Waals surface area (Å²) in [4.78, 5) is 0. The van der Waals surface area contributed by atoms with Crippen molar-refractivity contribution in [3.05, 3.63) is 65.2 Å². The van der Waals surface area contributed by atoms with Crippen molar-refractivity contribution in [2.24, 2.45) is 0 Å². The monoisotopic (exact) mass is 350 g/mol. The van der Waals surface area contributed by atoms with Gasteiger partial charge in [-0.25, -0.2) is 0 Å². The first-order valence-electron chi connectivity index (χ1n) is 8.27. The lowest BCUT2D eigenvalue weighted by molar-refractivity contribution is 1.03. The highest BCUT2D eigenvalue weighted by Gasteiger charge is 2.17. The number of nitrogens with zero attached hydrogens (tertiary/aromatic N) is 3. The summed E-state index contributed by atoms with van der Waals surface area (Å²) < 4.78 is 0. The van der Waals surface area contributed by atoms with Gasteiger partial charge in [-0.15, -0.1) is 10.2 Å². The first kappa shape index (κ1) is 17.1. The summed E-state index contributed by atoms with van der Waals surface area (Å²) in [6, 6.07) is 18.0. The van der Waals surface area contributed by atoms with E-state index in [1.165, 1.54) is 5.56 Å². The van der Waals surface area contributed by atoms with Crippen LogP contribution in [-0.4, -0.2) is 20.4 Å². The molecule has 25 heavy (non-hydrogen) atoms. The van der Waals surface area contributed by atoms with Gasteiger partial charge in [0.1, 0.15) is 5.69 Å². The Kier molecular flexibility index (Phi) is 5.10. The van der Waals surface area contributed by atoms with E-state index in [9.17, 15) is 0 Å². The number of aromatic amines is 1. The van der Waals surface area contributed by atoms with E-state index in [4.69, 9.17) is 11.6 Å². The Labute approximate surface area is 151 Å². The van der Waals surface area contributed by atoms with Crippen LogP contribution in [0.5, 0.6) is 0 Å². The van der Waals surface area contributed by atoms with Crippen LogP contribution in [0.3, 0.4) is 0 Å². The Balaban J connectivity index is 0.000000880. The summed E-state index contributed by atoms with van der Waals surface area (Å²) in [5.41, 5.74) is 5.19. The summed E-state index contributed by atoms with van der Waals surface area (Å²) >= 11 is 6.64. The van der Waals surface area contributed by atoms with Gasteiger partial charge in [-0.2, -0.15) is 5.10 Å². The lowest BCUT2D eigenvalue weighted by atomic mass is 10.1. The molecule has 2 heterocycles. The van der Waals surface area contributed by atoms with Crippen molar-refractivity contribution >= 4 is 22.6 Å². The predicted molar refractivity (Wildman–Crippen MR) is 104 cm³/mol. The van der Waals surface area contributed by atoms with Crippen molar-refractivity contribution in [2.45, 2.75) is 20.8 Å². The first-order chi connectivity index (χ1) is 12.2. The molecule has 0 amide bonds. The van der Waals surface area contributed by atoms with Crippen molar-refractivity contribution < 1.29 is 0 Å². The Bertz CT molecular complexity index is 976. The molecule has 0 aliphatic rings. The molecule has 0 unspecified atom stereocenters. The molecular formula is C20H19ClN4. The zero-order valence-electron chi connectivity index (χ0n) is 14.4. The van der Waals surface area contributed by atoms with Gasteiger partial charge >= 0.3 is 0 Å². The van der Waals surface area contributed by atoms with E-state index in [1.54, 1.807) is 0 Å². The fourth-order valence-electron chi connectivity index (χ4n) is 2.58. The van der Waals surface area contributed by atoms with E-state index in [0.717, 1.165) is 22.2 Å². The zero-order chi connectivity index (χ0) is 17.8. The predicted octanol–water partition coefficient (Wildman–Crippen LogP) is 5.67. The quantitative estimate of drug-likeness (QED) is 0.506. The Hall–Kier alpha value is -2.72. The second-order valence-corrected chi connectivity index (χ2v) is 5.77. The van der Waals surface area contributed by atoms with Crippen LogP contribution in [-0.2, 0) is 0 Å². The number of benzene rings is 2. The molecule has 0 atom stereocenters. The standard InChI is InChI=1S/C18H13ClN4.C2H6/c1-11-7-9-13(10-8-11)16-14-15(19)17(12-5-3-2-4-6-12)21-23-18(14)22-20-16;1-2/h2-10H,1H3,(H,20,22,23);1-2H3. The molecule has 126 valence electrons. The van der Waals surface area contributed by atoms with Crippen LogP contribution >= 0.6 is 11.6 Å². The SMILES string of the molecule is CC.Cc1ccc(-c2[nH]nc3nnc(-c4ccccc4)c(Cl)c23)cc1. The molecule has 0 aliphatic heterocycles. The molecule has 0 saturated carbocycles. The molecule has 0 spiro atoms. The maximum atomic E-state index is 6.64. The second-order valence-electron chi connectivity index (χ2n) is 5.39. The Morgan fingerprint density at radius 1 is 0.840 bits per heavy atom. The van der Waals surface area contributed by atoms with Crippen LogP contribution in [0.15, 0.2) is 54.6 Å². The summed E-state index contributed by atoms with van der Waals surface area (Å²) in [5.74, 6) is 0. The van der Waals surface area contributed by atoms with Gasteiger partial charge in [-0.3, -0.25) is 5.10 Å². The van der Waals surface area contributed by atoms with Gasteiger partial charge < -0.3 is 0 Å². The molecule has 0 radical (unpaired) electrons. The molecule has 4 rings (SSSR count). The van der Waals surface area contributed by atoms with Gasteiger partial charge in [0.15, 0.2) is 0 Å². The minimum Gasteiger partial charge on any atom is -0.275 e. The number of nitrogens with one attached hydrogen (secondary N) is 1. The van der Waals surface area contributed by atoms with Crippen molar-refractivity contribution in [3.63, 3.8) is 0 Å². The van der Waals surface area contributed by atoms with Gasteiger partial charge in [0.2, 0.25) is 5.65 Å². The zero-order valence-corrected chi connectivity index (χ0v) is 15.2. The molecule has 1 N–H and O–H groups in total. The third-order valence-corrected chi connectivity index (χ3v) is 4.17. The van der Waals surface area contributed by atoms with E-state index in [2.05, 4.69) is 39.5 Å². The van der Waals surface area contributed by atoms with Crippen LogP contribution in [0.2, 0.25) is 5.02 Å². The van der Waals surface area contributed by atoms with Gasteiger partial charge in [-0.1, -0.05) is 85.6 Å². The van der Waals surface area contributed by atoms with Crippen LogP contribution in [0.4, 0.5) is 0 Å². The summed E-state index contributed by atoms with van der Waals surface area (Å²) in [6.07, 6.45) is 0. The minimum absolute atomic E-state index is 0.519. The highest BCUT2D eigenvalue weighted by atomic mass is 35.5. The fourth-order valence-corrected chi connectivity index (χ4v) is 2.91. The number of aromatic nitrogens is 4. The average Bonchev–Trinajstić information content (AvgIpc) is 3.10. The van der Waals surface area contributed by atoms with Crippen molar-refractivity contribution in [3.8, 4) is 22.5 Å².